The fraction of sp³-hybridized carbons (Fsp3) is 0.545. The lowest BCUT2D eigenvalue weighted by Crippen LogP contribution is -2.53. The van der Waals surface area contributed by atoms with E-state index in [0.29, 0.717) is 6.42 Å². The number of esters is 1. The van der Waals surface area contributed by atoms with E-state index in [2.05, 4.69) is 4.74 Å². The molecule has 1 aliphatic carbocycles. The van der Waals surface area contributed by atoms with Crippen molar-refractivity contribution < 1.29 is 29.6 Å². The Morgan fingerprint density at radius 2 is 2.41 bits per heavy atom. The van der Waals surface area contributed by atoms with Crippen molar-refractivity contribution in [2.24, 2.45) is 5.92 Å². The Balaban J connectivity index is 2.38. The molecule has 1 aliphatic heterocycles. The maximum atomic E-state index is 11.5. The zero-order valence-corrected chi connectivity index (χ0v) is 9.29. The molecule has 6 nitrogen and oxygen atoms in total. The Bertz CT molecular complexity index is 399. The first kappa shape index (κ1) is 12.1. The van der Waals surface area contributed by atoms with Gasteiger partial charge in [-0.15, -0.1) is 0 Å². The van der Waals surface area contributed by atoms with Crippen LogP contribution >= 0.6 is 0 Å². The van der Waals surface area contributed by atoms with Crippen LogP contribution in [0.25, 0.3) is 0 Å². The Labute approximate surface area is 97.8 Å². The van der Waals surface area contributed by atoms with E-state index < -0.39 is 30.4 Å². The second-order valence-electron chi connectivity index (χ2n) is 4.05. The molecule has 94 valence electrons. The molecule has 0 radical (unpaired) electrons. The highest BCUT2D eigenvalue weighted by molar-refractivity contribution is 5.89. The van der Waals surface area contributed by atoms with Crippen molar-refractivity contribution in [2.75, 3.05) is 13.7 Å². The summed E-state index contributed by atoms with van der Waals surface area (Å²) in [6.45, 7) is -0.401. The van der Waals surface area contributed by atoms with Crippen LogP contribution in [-0.4, -0.2) is 46.9 Å². The lowest BCUT2D eigenvalue weighted by Gasteiger charge is -2.39. The van der Waals surface area contributed by atoms with E-state index in [-0.39, 0.29) is 11.1 Å². The van der Waals surface area contributed by atoms with E-state index in [1.54, 1.807) is 6.08 Å². The van der Waals surface area contributed by atoms with Gasteiger partial charge in [0.05, 0.1) is 25.6 Å². The molecular weight excluding hydrogens is 228 g/mol. The highest BCUT2D eigenvalue weighted by Gasteiger charge is 2.55. The van der Waals surface area contributed by atoms with Crippen LogP contribution in [0, 0.1) is 5.92 Å². The standard InChI is InChI=1S/C11H14O6/c1-16-9(13)7-5-17-10(14)11(15)6(4-12)2-3-8(7)11/h2,5,8,10,12,14-15H,3-4H2,1H3. The largest absolute Gasteiger partial charge is 0.469 e. The Kier molecular flexibility index (Phi) is 2.94. The van der Waals surface area contributed by atoms with E-state index in [1.807, 2.05) is 0 Å². The van der Waals surface area contributed by atoms with E-state index in [1.165, 1.54) is 7.11 Å². The van der Waals surface area contributed by atoms with Gasteiger partial charge in [-0.2, -0.15) is 0 Å². The third kappa shape index (κ3) is 1.56. The van der Waals surface area contributed by atoms with Crippen LogP contribution in [0.5, 0.6) is 0 Å². The molecule has 0 spiro atoms. The van der Waals surface area contributed by atoms with Crippen LogP contribution in [0.4, 0.5) is 0 Å². The first-order valence-corrected chi connectivity index (χ1v) is 5.20. The fourth-order valence-corrected chi connectivity index (χ4v) is 2.34. The number of allylic oxidation sites excluding steroid dienone is 1. The monoisotopic (exact) mass is 242 g/mol. The van der Waals surface area contributed by atoms with Crippen molar-refractivity contribution in [2.45, 2.75) is 18.3 Å². The van der Waals surface area contributed by atoms with Crippen molar-refractivity contribution in [3.05, 3.63) is 23.5 Å². The minimum absolute atomic E-state index is 0.153. The average Bonchev–Trinajstić information content (AvgIpc) is 2.68. The molecule has 3 unspecified atom stereocenters. The SMILES string of the molecule is COC(=O)C1=COC(O)C2(O)C(CO)=CCC12. The maximum Gasteiger partial charge on any atom is 0.337 e. The van der Waals surface area contributed by atoms with Gasteiger partial charge >= 0.3 is 5.97 Å². The number of fused-ring (bicyclic) bond motifs is 1. The summed E-state index contributed by atoms with van der Waals surface area (Å²) >= 11 is 0. The predicted octanol–water partition coefficient (Wildman–Crippen LogP) is -0.938. The number of methoxy groups -OCH3 is 1. The van der Waals surface area contributed by atoms with Gasteiger partial charge in [0.25, 0.3) is 0 Å². The highest BCUT2D eigenvalue weighted by atomic mass is 16.6. The number of carbonyl (C=O) groups is 1. The van der Waals surface area contributed by atoms with Crippen LogP contribution in [0.15, 0.2) is 23.5 Å². The first-order chi connectivity index (χ1) is 8.05. The number of aliphatic hydroxyl groups is 3. The molecular formula is C11H14O6. The highest BCUT2D eigenvalue weighted by Crippen LogP contribution is 2.45. The fourth-order valence-electron chi connectivity index (χ4n) is 2.34. The molecule has 0 aromatic heterocycles. The van der Waals surface area contributed by atoms with Gasteiger partial charge in [0.1, 0.15) is 0 Å². The summed E-state index contributed by atoms with van der Waals surface area (Å²) in [7, 11) is 1.22. The molecule has 3 N–H and O–H groups in total. The number of hydrogen-bond donors (Lipinski definition) is 3. The Morgan fingerprint density at radius 3 is 3.00 bits per heavy atom. The van der Waals surface area contributed by atoms with Gasteiger partial charge in [-0.05, 0) is 12.0 Å². The molecule has 1 heterocycles. The van der Waals surface area contributed by atoms with Crippen molar-refractivity contribution in [1.29, 1.82) is 0 Å². The first-order valence-electron chi connectivity index (χ1n) is 5.20. The Morgan fingerprint density at radius 1 is 1.71 bits per heavy atom. The van der Waals surface area contributed by atoms with Gasteiger partial charge in [-0.3, -0.25) is 0 Å². The minimum Gasteiger partial charge on any atom is -0.469 e. The second-order valence-corrected chi connectivity index (χ2v) is 4.05. The number of ether oxygens (including phenoxy) is 2. The molecule has 0 saturated carbocycles. The van der Waals surface area contributed by atoms with Crippen LogP contribution in [0.2, 0.25) is 0 Å². The predicted molar refractivity (Wildman–Crippen MR) is 55.4 cm³/mol. The lowest BCUT2D eigenvalue weighted by atomic mass is 9.79. The normalized spacial score (nSPS) is 35.5. The molecule has 0 fully saturated rings. The zero-order valence-electron chi connectivity index (χ0n) is 9.29. The van der Waals surface area contributed by atoms with Gasteiger partial charge in [0.2, 0.25) is 6.29 Å². The van der Waals surface area contributed by atoms with Crippen LogP contribution in [-0.2, 0) is 14.3 Å². The van der Waals surface area contributed by atoms with Crippen molar-refractivity contribution in [1.82, 2.24) is 0 Å². The minimum atomic E-state index is -1.76. The summed E-state index contributed by atoms with van der Waals surface area (Å²) in [6, 6.07) is 0. The van der Waals surface area contributed by atoms with Crippen molar-refractivity contribution in [3.63, 3.8) is 0 Å². The number of rotatable bonds is 2. The summed E-state index contributed by atoms with van der Waals surface area (Å²) in [5.74, 6) is -1.27. The molecule has 0 aromatic carbocycles. The quantitative estimate of drug-likeness (QED) is 0.427. The van der Waals surface area contributed by atoms with Gasteiger partial charge < -0.3 is 24.8 Å². The lowest BCUT2D eigenvalue weighted by molar-refractivity contribution is -0.198. The number of aliphatic hydroxyl groups excluding tert-OH is 2. The van der Waals surface area contributed by atoms with Gasteiger partial charge in [-0.1, -0.05) is 6.08 Å². The van der Waals surface area contributed by atoms with Crippen LogP contribution in [0.3, 0.4) is 0 Å². The smallest absolute Gasteiger partial charge is 0.337 e. The summed E-state index contributed by atoms with van der Waals surface area (Å²) in [5.41, 5.74) is -1.35. The van der Waals surface area contributed by atoms with Gasteiger partial charge in [-0.25, -0.2) is 4.79 Å². The summed E-state index contributed by atoms with van der Waals surface area (Å²) in [5, 5.41) is 29.2. The molecule has 2 rings (SSSR count). The molecule has 6 heteroatoms. The molecule has 0 bridgehead atoms. The number of carbonyl (C=O) groups excluding carboxylic acids is 1. The Hall–Kier alpha value is -1.37. The summed E-state index contributed by atoms with van der Waals surface area (Å²) in [6.07, 6.45) is 1.54. The average molecular weight is 242 g/mol. The second kappa shape index (κ2) is 4.14. The van der Waals surface area contributed by atoms with Crippen molar-refractivity contribution in [3.8, 4) is 0 Å². The molecule has 3 atom stereocenters. The van der Waals surface area contributed by atoms with Gasteiger partial charge in [0.15, 0.2) is 5.60 Å². The number of hydrogen-bond acceptors (Lipinski definition) is 6. The maximum absolute atomic E-state index is 11.5. The van der Waals surface area contributed by atoms with E-state index in [0.717, 1.165) is 6.26 Å². The summed E-state index contributed by atoms with van der Waals surface area (Å²) in [4.78, 5) is 11.5. The molecule has 0 aromatic rings. The van der Waals surface area contributed by atoms with Crippen LogP contribution in [0.1, 0.15) is 6.42 Å². The van der Waals surface area contributed by atoms with Crippen molar-refractivity contribution >= 4 is 5.97 Å². The molecule has 0 amide bonds. The molecule has 2 aliphatic rings. The van der Waals surface area contributed by atoms with Gasteiger partial charge in [0, 0.05) is 5.92 Å². The van der Waals surface area contributed by atoms with Crippen LogP contribution < -0.4 is 0 Å². The zero-order chi connectivity index (χ0) is 12.6. The topological polar surface area (TPSA) is 96.2 Å². The molecule has 17 heavy (non-hydrogen) atoms. The van der Waals surface area contributed by atoms with E-state index >= 15 is 0 Å². The molecule has 0 saturated heterocycles. The summed E-state index contributed by atoms with van der Waals surface area (Å²) < 4.78 is 9.43. The van der Waals surface area contributed by atoms with E-state index in [9.17, 15) is 15.0 Å². The third-order valence-corrected chi connectivity index (χ3v) is 3.31. The third-order valence-electron chi connectivity index (χ3n) is 3.31. The van der Waals surface area contributed by atoms with E-state index in [4.69, 9.17) is 9.84 Å².